The fraction of sp³-hybridized carbons (Fsp3) is 0.333. The molecule has 1 amide bonds. The van der Waals surface area contributed by atoms with Crippen LogP contribution in [0.5, 0.6) is 0 Å². The van der Waals surface area contributed by atoms with Crippen LogP contribution in [-0.2, 0) is 24.1 Å². The first-order chi connectivity index (χ1) is 15.4. The van der Waals surface area contributed by atoms with Gasteiger partial charge in [0.25, 0.3) is 0 Å². The molecule has 4 rings (SSSR count). The molecular formula is C24H25F3N4O. The largest absolute Gasteiger partial charge is 0.416 e. The highest BCUT2D eigenvalue weighted by molar-refractivity contribution is 5.78. The van der Waals surface area contributed by atoms with Crippen LogP contribution in [0.3, 0.4) is 0 Å². The van der Waals surface area contributed by atoms with Gasteiger partial charge >= 0.3 is 6.18 Å². The Balaban J connectivity index is 1.32. The second kappa shape index (κ2) is 9.56. The van der Waals surface area contributed by atoms with Gasteiger partial charge in [-0.05, 0) is 54.8 Å². The zero-order valence-electron chi connectivity index (χ0n) is 17.6. The highest BCUT2D eigenvalue weighted by atomic mass is 19.4. The number of rotatable bonds is 8. The molecule has 1 atom stereocenters. The highest BCUT2D eigenvalue weighted by Gasteiger charge is 2.31. The molecule has 0 aliphatic carbocycles. The minimum absolute atomic E-state index is 0.116. The maximum absolute atomic E-state index is 12.9. The predicted octanol–water partition coefficient (Wildman–Crippen LogP) is 4.56. The van der Waals surface area contributed by atoms with E-state index in [2.05, 4.69) is 10.4 Å². The Morgan fingerprint density at radius 1 is 1.06 bits per heavy atom. The Bertz CT molecular complexity index is 1050. The molecule has 1 aliphatic rings. The Kier molecular flexibility index (Phi) is 6.60. The van der Waals surface area contributed by atoms with Crippen LogP contribution in [0.1, 0.15) is 36.0 Å². The SMILES string of the molecule is O=C1CCC(CCNCc2cccc(C(F)(F)F)c2)N1Cc1cccc(-n2cccn2)c1. The normalized spacial score (nSPS) is 16.7. The van der Waals surface area contributed by atoms with E-state index in [0.29, 0.717) is 31.6 Å². The molecule has 0 saturated carbocycles. The van der Waals surface area contributed by atoms with Crippen molar-refractivity contribution in [3.05, 3.63) is 83.7 Å². The van der Waals surface area contributed by atoms with Gasteiger partial charge in [0.2, 0.25) is 5.91 Å². The van der Waals surface area contributed by atoms with Crippen LogP contribution in [-0.4, -0.2) is 33.2 Å². The van der Waals surface area contributed by atoms with Crippen LogP contribution < -0.4 is 5.32 Å². The lowest BCUT2D eigenvalue weighted by Gasteiger charge is -2.25. The second-order valence-electron chi connectivity index (χ2n) is 8.00. The predicted molar refractivity (Wildman–Crippen MR) is 115 cm³/mol. The van der Waals surface area contributed by atoms with Crippen LogP contribution in [0.2, 0.25) is 0 Å². The average Bonchev–Trinajstić information content (AvgIpc) is 3.43. The van der Waals surface area contributed by atoms with Crippen molar-refractivity contribution >= 4 is 5.91 Å². The molecule has 1 saturated heterocycles. The third-order valence-electron chi connectivity index (χ3n) is 5.72. The maximum atomic E-state index is 12.9. The number of alkyl halides is 3. The summed E-state index contributed by atoms with van der Waals surface area (Å²) in [6.45, 7) is 1.51. The fourth-order valence-corrected chi connectivity index (χ4v) is 4.09. The first-order valence-corrected chi connectivity index (χ1v) is 10.7. The quantitative estimate of drug-likeness (QED) is 0.521. The number of carbonyl (C=O) groups excluding carboxylic acids is 1. The van der Waals surface area contributed by atoms with E-state index in [-0.39, 0.29) is 11.9 Å². The molecule has 1 unspecified atom stereocenters. The summed E-state index contributed by atoms with van der Waals surface area (Å²) in [4.78, 5) is 14.4. The van der Waals surface area contributed by atoms with E-state index in [1.807, 2.05) is 41.4 Å². The zero-order chi connectivity index (χ0) is 22.6. The monoisotopic (exact) mass is 442 g/mol. The van der Waals surface area contributed by atoms with E-state index in [1.54, 1.807) is 16.9 Å². The second-order valence-corrected chi connectivity index (χ2v) is 8.00. The van der Waals surface area contributed by atoms with Crippen molar-refractivity contribution in [2.45, 2.75) is 44.6 Å². The van der Waals surface area contributed by atoms with Crippen molar-refractivity contribution in [3.8, 4) is 5.69 Å². The molecule has 0 radical (unpaired) electrons. The average molecular weight is 442 g/mol. The summed E-state index contributed by atoms with van der Waals surface area (Å²) in [5.74, 6) is 0.136. The molecule has 8 heteroatoms. The molecule has 32 heavy (non-hydrogen) atoms. The minimum Gasteiger partial charge on any atom is -0.335 e. The van der Waals surface area contributed by atoms with Gasteiger partial charge in [-0.15, -0.1) is 0 Å². The molecule has 2 heterocycles. The highest BCUT2D eigenvalue weighted by Crippen LogP contribution is 2.29. The molecule has 5 nitrogen and oxygen atoms in total. The van der Waals surface area contributed by atoms with Crippen molar-refractivity contribution < 1.29 is 18.0 Å². The van der Waals surface area contributed by atoms with E-state index in [9.17, 15) is 18.0 Å². The molecule has 0 bridgehead atoms. The lowest BCUT2D eigenvalue weighted by Crippen LogP contribution is -2.34. The van der Waals surface area contributed by atoms with Crippen molar-refractivity contribution in [3.63, 3.8) is 0 Å². The van der Waals surface area contributed by atoms with Crippen molar-refractivity contribution in [1.82, 2.24) is 20.0 Å². The number of hydrogen-bond donors (Lipinski definition) is 1. The summed E-state index contributed by atoms with van der Waals surface area (Å²) in [5, 5.41) is 7.47. The van der Waals surface area contributed by atoms with Crippen molar-refractivity contribution in [1.29, 1.82) is 0 Å². The molecule has 1 aromatic heterocycles. The van der Waals surface area contributed by atoms with Gasteiger partial charge in [-0.25, -0.2) is 4.68 Å². The van der Waals surface area contributed by atoms with Gasteiger partial charge in [-0.3, -0.25) is 4.79 Å². The molecule has 1 aliphatic heterocycles. The number of amides is 1. The van der Waals surface area contributed by atoms with Crippen LogP contribution in [0.4, 0.5) is 13.2 Å². The third kappa shape index (κ3) is 5.37. The number of aromatic nitrogens is 2. The summed E-state index contributed by atoms with van der Waals surface area (Å²) in [7, 11) is 0. The molecule has 1 fully saturated rings. The van der Waals surface area contributed by atoms with Crippen LogP contribution in [0.25, 0.3) is 5.69 Å². The zero-order valence-corrected chi connectivity index (χ0v) is 17.6. The standard InChI is InChI=1S/C24H25F3N4O/c25-24(26,27)20-6-1-4-18(14-20)16-28-12-10-21-8-9-23(32)30(21)17-19-5-2-7-22(15-19)31-13-3-11-29-31/h1-7,11,13-15,21,28H,8-10,12,16-17H2. The number of likely N-dealkylation sites (tertiary alicyclic amines) is 1. The maximum Gasteiger partial charge on any atom is 0.416 e. The topological polar surface area (TPSA) is 50.2 Å². The van der Waals surface area contributed by atoms with Gasteiger partial charge in [-0.1, -0.05) is 30.3 Å². The number of nitrogens with zero attached hydrogens (tertiary/aromatic N) is 3. The van der Waals surface area contributed by atoms with Gasteiger partial charge in [-0.2, -0.15) is 18.3 Å². The van der Waals surface area contributed by atoms with E-state index >= 15 is 0 Å². The lowest BCUT2D eigenvalue weighted by molar-refractivity contribution is -0.137. The number of halogens is 3. The Morgan fingerprint density at radius 2 is 1.88 bits per heavy atom. The number of carbonyl (C=O) groups is 1. The Hall–Kier alpha value is -3.13. The van der Waals surface area contributed by atoms with Crippen LogP contribution >= 0.6 is 0 Å². The molecular weight excluding hydrogens is 417 g/mol. The van der Waals surface area contributed by atoms with E-state index in [0.717, 1.165) is 30.2 Å². The molecule has 168 valence electrons. The van der Waals surface area contributed by atoms with Gasteiger partial charge in [0.1, 0.15) is 0 Å². The number of benzene rings is 2. The van der Waals surface area contributed by atoms with Crippen molar-refractivity contribution in [2.24, 2.45) is 0 Å². The summed E-state index contributed by atoms with van der Waals surface area (Å²) < 4.78 is 40.4. The Morgan fingerprint density at radius 3 is 2.66 bits per heavy atom. The van der Waals surface area contributed by atoms with E-state index < -0.39 is 11.7 Å². The van der Waals surface area contributed by atoms with Gasteiger partial charge in [0, 0.05) is 37.9 Å². The summed E-state index contributed by atoms with van der Waals surface area (Å²) in [6.07, 6.45) is 1.33. The van der Waals surface area contributed by atoms with Crippen LogP contribution in [0, 0.1) is 0 Å². The third-order valence-corrected chi connectivity index (χ3v) is 5.72. The van der Waals surface area contributed by atoms with Gasteiger partial charge in [0.05, 0.1) is 11.3 Å². The first kappa shape index (κ1) is 22.1. The Labute approximate surface area is 184 Å². The van der Waals surface area contributed by atoms with E-state index in [4.69, 9.17) is 0 Å². The van der Waals surface area contributed by atoms with Crippen molar-refractivity contribution in [2.75, 3.05) is 6.54 Å². The molecule has 2 aromatic carbocycles. The van der Waals surface area contributed by atoms with Crippen LogP contribution in [0.15, 0.2) is 67.0 Å². The lowest BCUT2D eigenvalue weighted by atomic mass is 10.1. The van der Waals surface area contributed by atoms with Gasteiger partial charge < -0.3 is 10.2 Å². The minimum atomic E-state index is -4.34. The molecule has 3 aromatic rings. The summed E-state index contributed by atoms with van der Waals surface area (Å²) in [6, 6.07) is 15.3. The number of hydrogen-bond acceptors (Lipinski definition) is 3. The molecule has 1 N–H and O–H groups in total. The summed E-state index contributed by atoms with van der Waals surface area (Å²) >= 11 is 0. The fourth-order valence-electron chi connectivity index (χ4n) is 4.09. The van der Waals surface area contributed by atoms with Gasteiger partial charge in [0.15, 0.2) is 0 Å². The summed E-state index contributed by atoms with van der Waals surface area (Å²) in [5.41, 5.74) is 1.94. The number of nitrogens with one attached hydrogen (secondary N) is 1. The smallest absolute Gasteiger partial charge is 0.335 e. The van der Waals surface area contributed by atoms with E-state index in [1.165, 1.54) is 12.1 Å². The molecule has 0 spiro atoms. The first-order valence-electron chi connectivity index (χ1n) is 10.7.